The van der Waals surface area contributed by atoms with Gasteiger partial charge in [0, 0.05) is 58.8 Å². The molecule has 2 aliphatic heterocycles. The van der Waals surface area contributed by atoms with Crippen LogP contribution in [-0.4, -0.2) is 111 Å². The first kappa shape index (κ1) is 25.3. The molecule has 0 amide bonds. The SMILES string of the molecule is CCCCN1CCN(C)CC1.CN1CCN(CCCC(=O)OC(C)(C)C)CC1. The van der Waals surface area contributed by atoms with Gasteiger partial charge in [-0.2, -0.15) is 0 Å². The smallest absolute Gasteiger partial charge is 0.306 e. The van der Waals surface area contributed by atoms with Crippen molar-refractivity contribution in [3.8, 4) is 0 Å². The monoisotopic (exact) mass is 398 g/mol. The van der Waals surface area contributed by atoms with Gasteiger partial charge in [0.2, 0.25) is 0 Å². The average Bonchev–Trinajstić information content (AvgIpc) is 2.62. The zero-order valence-electron chi connectivity index (χ0n) is 19.5. The van der Waals surface area contributed by atoms with Gasteiger partial charge in [0.05, 0.1) is 0 Å². The van der Waals surface area contributed by atoms with Crippen molar-refractivity contribution in [2.75, 3.05) is 79.5 Å². The van der Waals surface area contributed by atoms with E-state index < -0.39 is 0 Å². The minimum atomic E-state index is -0.356. The lowest BCUT2D eigenvalue weighted by Gasteiger charge is -2.32. The molecule has 166 valence electrons. The summed E-state index contributed by atoms with van der Waals surface area (Å²) in [5, 5.41) is 0. The van der Waals surface area contributed by atoms with Crippen molar-refractivity contribution in [3.05, 3.63) is 0 Å². The third-order valence-electron chi connectivity index (χ3n) is 5.29. The number of nitrogens with zero attached hydrogens (tertiary/aromatic N) is 4. The summed E-state index contributed by atoms with van der Waals surface area (Å²) in [4.78, 5) is 21.2. The molecule has 0 aromatic carbocycles. The molecule has 0 radical (unpaired) electrons. The highest BCUT2D eigenvalue weighted by molar-refractivity contribution is 5.69. The predicted molar refractivity (Wildman–Crippen MR) is 118 cm³/mol. The van der Waals surface area contributed by atoms with Crippen LogP contribution in [0.15, 0.2) is 0 Å². The van der Waals surface area contributed by atoms with E-state index in [1.165, 1.54) is 45.6 Å². The molecule has 0 bridgehead atoms. The molecule has 0 N–H and O–H groups in total. The summed E-state index contributed by atoms with van der Waals surface area (Å²) in [6.45, 7) is 19.9. The van der Waals surface area contributed by atoms with Crippen LogP contribution in [0.3, 0.4) is 0 Å². The fourth-order valence-electron chi connectivity index (χ4n) is 3.36. The Bertz CT molecular complexity index is 406. The Kier molecular flexibility index (Phi) is 12.2. The fraction of sp³-hybridized carbons (Fsp3) is 0.955. The fourth-order valence-corrected chi connectivity index (χ4v) is 3.36. The van der Waals surface area contributed by atoms with Gasteiger partial charge in [-0.1, -0.05) is 13.3 Å². The van der Waals surface area contributed by atoms with Crippen LogP contribution in [0.4, 0.5) is 0 Å². The summed E-state index contributed by atoms with van der Waals surface area (Å²) < 4.78 is 5.28. The molecule has 0 aliphatic carbocycles. The third kappa shape index (κ3) is 12.7. The van der Waals surface area contributed by atoms with Gasteiger partial charge in [0.1, 0.15) is 5.60 Å². The topological polar surface area (TPSA) is 39.3 Å². The summed E-state index contributed by atoms with van der Waals surface area (Å²) in [5.41, 5.74) is -0.356. The first-order chi connectivity index (χ1) is 13.2. The zero-order valence-corrected chi connectivity index (χ0v) is 19.5. The lowest BCUT2D eigenvalue weighted by Crippen LogP contribution is -2.44. The Hall–Kier alpha value is -0.690. The standard InChI is InChI=1S/C13H26N2O2.C9H20N2/c1-13(2,3)17-12(16)6-5-7-15-10-8-14(4)9-11-15;1-3-4-5-11-8-6-10(2)7-9-11/h5-11H2,1-4H3;3-9H2,1-2H3. The van der Waals surface area contributed by atoms with E-state index in [0.717, 1.165) is 39.1 Å². The number of carbonyl (C=O) groups excluding carboxylic acids is 1. The highest BCUT2D eigenvalue weighted by Gasteiger charge is 2.17. The average molecular weight is 399 g/mol. The van der Waals surface area contributed by atoms with Crippen LogP contribution in [0, 0.1) is 0 Å². The van der Waals surface area contributed by atoms with Crippen LogP contribution in [0.25, 0.3) is 0 Å². The Balaban J connectivity index is 0.000000307. The lowest BCUT2D eigenvalue weighted by molar-refractivity contribution is -0.155. The maximum atomic E-state index is 11.5. The number of esters is 1. The molecule has 6 nitrogen and oxygen atoms in total. The first-order valence-electron chi connectivity index (χ1n) is 11.2. The molecule has 0 aromatic heterocycles. The summed E-state index contributed by atoms with van der Waals surface area (Å²) in [6.07, 6.45) is 4.12. The minimum Gasteiger partial charge on any atom is -0.460 e. The van der Waals surface area contributed by atoms with Gasteiger partial charge in [-0.3, -0.25) is 4.79 Å². The summed E-state index contributed by atoms with van der Waals surface area (Å²) >= 11 is 0. The van der Waals surface area contributed by atoms with E-state index in [1.54, 1.807) is 0 Å². The molecule has 28 heavy (non-hydrogen) atoms. The molecular weight excluding hydrogens is 352 g/mol. The van der Waals surface area contributed by atoms with Gasteiger partial charge in [0.15, 0.2) is 0 Å². The van der Waals surface area contributed by atoms with Crippen molar-refractivity contribution in [1.29, 1.82) is 0 Å². The second kappa shape index (κ2) is 13.5. The van der Waals surface area contributed by atoms with Crippen LogP contribution >= 0.6 is 0 Å². The molecule has 2 rings (SSSR count). The number of carbonyl (C=O) groups is 1. The van der Waals surface area contributed by atoms with Crippen LogP contribution in [0.1, 0.15) is 53.4 Å². The largest absolute Gasteiger partial charge is 0.460 e. The van der Waals surface area contributed by atoms with Gasteiger partial charge in [0.25, 0.3) is 0 Å². The normalized spacial score (nSPS) is 20.5. The van der Waals surface area contributed by atoms with Gasteiger partial charge >= 0.3 is 5.97 Å². The Morgan fingerprint density at radius 1 is 0.786 bits per heavy atom. The number of rotatable bonds is 7. The highest BCUT2D eigenvalue weighted by Crippen LogP contribution is 2.10. The number of ether oxygens (including phenoxy) is 1. The molecule has 0 atom stereocenters. The molecule has 2 saturated heterocycles. The molecule has 2 heterocycles. The van der Waals surface area contributed by atoms with Crippen molar-refractivity contribution in [2.45, 2.75) is 59.0 Å². The molecular formula is C22H46N4O2. The van der Waals surface area contributed by atoms with Crippen LogP contribution in [0.5, 0.6) is 0 Å². The molecule has 0 aromatic rings. The van der Waals surface area contributed by atoms with Crippen LogP contribution in [0.2, 0.25) is 0 Å². The van der Waals surface area contributed by atoms with Gasteiger partial charge in [-0.05, 0) is 60.8 Å². The summed E-state index contributed by atoms with van der Waals surface area (Å²) in [6, 6.07) is 0. The maximum absolute atomic E-state index is 11.5. The van der Waals surface area contributed by atoms with Gasteiger partial charge in [-0.15, -0.1) is 0 Å². The molecule has 2 fully saturated rings. The quantitative estimate of drug-likeness (QED) is 0.613. The number of likely N-dealkylation sites (N-methyl/N-ethyl adjacent to an activating group) is 2. The van der Waals surface area contributed by atoms with E-state index in [0.29, 0.717) is 6.42 Å². The van der Waals surface area contributed by atoms with Crippen molar-refractivity contribution < 1.29 is 9.53 Å². The molecule has 0 unspecified atom stereocenters. The third-order valence-corrected chi connectivity index (χ3v) is 5.29. The molecule has 0 spiro atoms. The van der Waals surface area contributed by atoms with E-state index in [9.17, 15) is 4.79 Å². The van der Waals surface area contributed by atoms with Gasteiger partial charge in [-0.25, -0.2) is 0 Å². The Morgan fingerprint density at radius 3 is 1.61 bits per heavy atom. The minimum absolute atomic E-state index is 0.0772. The maximum Gasteiger partial charge on any atom is 0.306 e. The van der Waals surface area contributed by atoms with Crippen molar-refractivity contribution in [2.24, 2.45) is 0 Å². The van der Waals surface area contributed by atoms with E-state index in [2.05, 4.69) is 40.6 Å². The molecule has 0 saturated carbocycles. The van der Waals surface area contributed by atoms with E-state index >= 15 is 0 Å². The number of piperazine rings is 2. The first-order valence-corrected chi connectivity index (χ1v) is 11.2. The second-order valence-corrected chi connectivity index (χ2v) is 9.33. The summed E-state index contributed by atoms with van der Waals surface area (Å²) in [7, 11) is 4.36. The van der Waals surface area contributed by atoms with E-state index in [1.807, 2.05) is 20.8 Å². The number of unbranched alkanes of at least 4 members (excludes halogenated alkanes) is 1. The molecule has 2 aliphatic rings. The zero-order chi connectivity index (χ0) is 21.0. The van der Waals surface area contributed by atoms with Crippen molar-refractivity contribution in [1.82, 2.24) is 19.6 Å². The van der Waals surface area contributed by atoms with Crippen LogP contribution < -0.4 is 0 Å². The predicted octanol–water partition coefficient (Wildman–Crippen LogP) is 2.39. The van der Waals surface area contributed by atoms with Crippen molar-refractivity contribution >= 4 is 5.97 Å². The number of hydrogen-bond donors (Lipinski definition) is 0. The van der Waals surface area contributed by atoms with Gasteiger partial charge < -0.3 is 24.3 Å². The van der Waals surface area contributed by atoms with E-state index in [-0.39, 0.29) is 11.6 Å². The van der Waals surface area contributed by atoms with E-state index in [4.69, 9.17) is 4.74 Å². The van der Waals surface area contributed by atoms with Crippen LogP contribution in [-0.2, 0) is 9.53 Å². The number of hydrogen-bond acceptors (Lipinski definition) is 6. The summed E-state index contributed by atoms with van der Waals surface area (Å²) in [5.74, 6) is -0.0772. The highest BCUT2D eigenvalue weighted by atomic mass is 16.6. The van der Waals surface area contributed by atoms with Crippen molar-refractivity contribution in [3.63, 3.8) is 0 Å². The Morgan fingerprint density at radius 2 is 1.21 bits per heavy atom. The lowest BCUT2D eigenvalue weighted by atomic mass is 10.2. The Labute approximate surface area is 174 Å². The molecule has 6 heteroatoms. The second-order valence-electron chi connectivity index (χ2n) is 9.33.